The highest BCUT2D eigenvalue weighted by molar-refractivity contribution is 6.05. The third-order valence-corrected chi connectivity index (χ3v) is 6.42. The number of halogens is 4. The van der Waals surface area contributed by atoms with Crippen molar-refractivity contribution in [1.82, 2.24) is 14.7 Å². The van der Waals surface area contributed by atoms with Gasteiger partial charge in [-0.3, -0.25) is 14.4 Å². The molecule has 2 heterocycles. The van der Waals surface area contributed by atoms with Gasteiger partial charge in [0, 0.05) is 51.2 Å². The summed E-state index contributed by atoms with van der Waals surface area (Å²) in [4.78, 5) is 15.0. The molecule has 0 radical (unpaired) electrons. The minimum absolute atomic E-state index is 0.270. The van der Waals surface area contributed by atoms with Crippen LogP contribution in [0.4, 0.5) is 23.2 Å². The number of benzene rings is 2. The van der Waals surface area contributed by atoms with Crippen LogP contribution in [-0.4, -0.2) is 60.0 Å². The van der Waals surface area contributed by atoms with Crippen molar-refractivity contribution in [3.05, 3.63) is 65.6 Å². The van der Waals surface area contributed by atoms with Crippen molar-refractivity contribution in [1.29, 1.82) is 0 Å². The van der Waals surface area contributed by atoms with Crippen LogP contribution >= 0.6 is 0 Å². The van der Waals surface area contributed by atoms with E-state index in [1.807, 2.05) is 0 Å². The van der Waals surface area contributed by atoms with Gasteiger partial charge in [0.25, 0.3) is 5.91 Å². The standard InChI is InChI=1S/C26H28F4N4O3/c1-33-22(8-11-31-33)20-16-17(32-25(35)19-4-3-5-21(24(19)27)26(28,29)30)6-7-23(20)37-15-14-34-12-9-18(36-2)10-13-34/h3-8,11,16,18H,9-10,12-15H2,1-2H3,(H,32,35). The van der Waals surface area contributed by atoms with E-state index in [0.29, 0.717) is 35.8 Å². The van der Waals surface area contributed by atoms with Crippen molar-refractivity contribution < 1.29 is 31.8 Å². The zero-order chi connectivity index (χ0) is 26.6. The molecule has 1 aliphatic rings. The number of hydrogen-bond donors (Lipinski definition) is 1. The first-order valence-electron chi connectivity index (χ1n) is 11.8. The lowest BCUT2D eigenvalue weighted by molar-refractivity contribution is -0.140. The van der Waals surface area contributed by atoms with Crippen LogP contribution in [0, 0.1) is 5.82 Å². The maximum atomic E-state index is 14.5. The number of carbonyl (C=O) groups is 1. The first kappa shape index (κ1) is 26.6. The molecule has 1 fully saturated rings. The van der Waals surface area contributed by atoms with E-state index in [-0.39, 0.29) is 5.69 Å². The van der Waals surface area contributed by atoms with Crippen LogP contribution in [0.25, 0.3) is 11.3 Å². The highest BCUT2D eigenvalue weighted by Crippen LogP contribution is 2.34. The van der Waals surface area contributed by atoms with Crippen molar-refractivity contribution in [2.24, 2.45) is 7.05 Å². The van der Waals surface area contributed by atoms with Crippen molar-refractivity contribution in [2.45, 2.75) is 25.1 Å². The summed E-state index contributed by atoms with van der Waals surface area (Å²) in [6, 6.07) is 9.22. The minimum atomic E-state index is -4.91. The maximum absolute atomic E-state index is 14.5. The summed E-state index contributed by atoms with van der Waals surface area (Å²) in [6.45, 7) is 3.01. The van der Waals surface area contributed by atoms with Crippen molar-refractivity contribution in [2.75, 3.05) is 38.7 Å². The van der Waals surface area contributed by atoms with E-state index in [2.05, 4.69) is 15.3 Å². The molecule has 1 saturated heterocycles. The van der Waals surface area contributed by atoms with Gasteiger partial charge in [0.2, 0.25) is 0 Å². The number of likely N-dealkylation sites (tertiary alicyclic amines) is 1. The fraction of sp³-hybridized carbons (Fsp3) is 0.385. The summed E-state index contributed by atoms with van der Waals surface area (Å²) in [7, 11) is 3.48. The van der Waals surface area contributed by atoms with Gasteiger partial charge < -0.3 is 14.8 Å². The van der Waals surface area contributed by atoms with Crippen molar-refractivity contribution in [3.63, 3.8) is 0 Å². The van der Waals surface area contributed by atoms with Crippen LogP contribution in [0.2, 0.25) is 0 Å². The molecule has 1 aromatic heterocycles. The van der Waals surface area contributed by atoms with Gasteiger partial charge in [0.05, 0.1) is 22.9 Å². The van der Waals surface area contributed by atoms with Gasteiger partial charge in [0.1, 0.15) is 18.2 Å². The number of hydrogen-bond acceptors (Lipinski definition) is 5. The third kappa shape index (κ3) is 6.28. The summed E-state index contributed by atoms with van der Waals surface area (Å²) < 4.78 is 66.8. The van der Waals surface area contributed by atoms with Crippen molar-refractivity contribution >= 4 is 11.6 Å². The minimum Gasteiger partial charge on any atom is -0.492 e. The molecule has 7 nitrogen and oxygen atoms in total. The molecule has 11 heteroatoms. The van der Waals surface area contributed by atoms with E-state index in [9.17, 15) is 22.4 Å². The van der Waals surface area contributed by atoms with E-state index in [1.165, 1.54) is 0 Å². The number of carbonyl (C=O) groups excluding carboxylic acids is 1. The van der Waals surface area contributed by atoms with Crippen LogP contribution in [0.15, 0.2) is 48.7 Å². The summed E-state index contributed by atoms with van der Waals surface area (Å²) >= 11 is 0. The van der Waals surface area contributed by atoms with Crippen LogP contribution in [0.1, 0.15) is 28.8 Å². The number of rotatable bonds is 8. The first-order valence-corrected chi connectivity index (χ1v) is 11.8. The van der Waals surface area contributed by atoms with Gasteiger partial charge in [-0.15, -0.1) is 0 Å². The van der Waals surface area contributed by atoms with E-state index in [4.69, 9.17) is 9.47 Å². The Hall–Kier alpha value is -3.44. The molecular weight excluding hydrogens is 492 g/mol. The predicted molar refractivity (Wildman–Crippen MR) is 130 cm³/mol. The lowest BCUT2D eigenvalue weighted by Crippen LogP contribution is -2.38. The second kappa shape index (κ2) is 11.3. The Morgan fingerprint density at radius 2 is 1.92 bits per heavy atom. The van der Waals surface area contributed by atoms with E-state index in [0.717, 1.165) is 44.6 Å². The second-order valence-corrected chi connectivity index (χ2v) is 8.80. The fourth-order valence-electron chi connectivity index (χ4n) is 4.35. The number of methoxy groups -OCH3 is 1. The largest absolute Gasteiger partial charge is 0.492 e. The Bertz CT molecular complexity index is 1240. The number of aryl methyl sites for hydroxylation is 1. The molecule has 0 bridgehead atoms. The topological polar surface area (TPSA) is 68.6 Å². The lowest BCUT2D eigenvalue weighted by Gasteiger charge is -2.31. The van der Waals surface area contributed by atoms with Gasteiger partial charge in [-0.25, -0.2) is 4.39 Å². The molecule has 1 aliphatic heterocycles. The molecule has 37 heavy (non-hydrogen) atoms. The van der Waals surface area contributed by atoms with Gasteiger partial charge in [0.15, 0.2) is 0 Å². The maximum Gasteiger partial charge on any atom is 0.419 e. The fourth-order valence-corrected chi connectivity index (χ4v) is 4.35. The quantitative estimate of drug-likeness (QED) is 0.424. The highest BCUT2D eigenvalue weighted by Gasteiger charge is 2.35. The molecule has 0 aliphatic carbocycles. The van der Waals surface area contributed by atoms with Gasteiger partial charge in [-0.1, -0.05) is 6.07 Å². The monoisotopic (exact) mass is 520 g/mol. The second-order valence-electron chi connectivity index (χ2n) is 8.80. The molecule has 198 valence electrons. The molecule has 0 spiro atoms. The number of amides is 1. The Balaban J connectivity index is 1.51. The van der Waals surface area contributed by atoms with Crippen molar-refractivity contribution in [3.8, 4) is 17.0 Å². The number of nitrogens with zero attached hydrogens (tertiary/aromatic N) is 3. The predicted octanol–water partition coefficient (Wildman–Crippen LogP) is 4.99. The highest BCUT2D eigenvalue weighted by atomic mass is 19.4. The van der Waals surface area contributed by atoms with Crippen LogP contribution in [0.5, 0.6) is 5.75 Å². The Kier molecular flexibility index (Phi) is 8.13. The summed E-state index contributed by atoms with van der Waals surface area (Å²) in [5.74, 6) is -2.06. The molecule has 1 amide bonds. The molecule has 0 atom stereocenters. The number of ether oxygens (including phenoxy) is 2. The zero-order valence-corrected chi connectivity index (χ0v) is 20.5. The molecule has 2 aromatic carbocycles. The number of nitrogens with one attached hydrogen (secondary N) is 1. The van der Waals surface area contributed by atoms with E-state index < -0.39 is 29.0 Å². The smallest absolute Gasteiger partial charge is 0.419 e. The number of aromatic nitrogens is 2. The average Bonchev–Trinajstić information content (AvgIpc) is 3.30. The Morgan fingerprint density at radius 1 is 1.16 bits per heavy atom. The average molecular weight is 521 g/mol. The number of anilines is 1. The van der Waals surface area contributed by atoms with Crippen LogP contribution < -0.4 is 10.1 Å². The number of alkyl halides is 3. The summed E-state index contributed by atoms with van der Waals surface area (Å²) in [5, 5.41) is 6.68. The Labute approximate surface area is 212 Å². The van der Waals surface area contributed by atoms with Gasteiger partial charge >= 0.3 is 6.18 Å². The van der Waals surface area contributed by atoms with Gasteiger partial charge in [-0.2, -0.15) is 18.3 Å². The molecule has 3 aromatic rings. The molecule has 0 unspecified atom stereocenters. The normalized spacial score (nSPS) is 15.1. The van der Waals surface area contributed by atoms with Crippen LogP contribution in [-0.2, 0) is 18.0 Å². The number of piperidine rings is 1. The molecule has 0 saturated carbocycles. The zero-order valence-electron chi connectivity index (χ0n) is 20.5. The molecule has 1 N–H and O–H groups in total. The summed E-state index contributed by atoms with van der Waals surface area (Å²) in [6.07, 6.45) is -1.07. The van der Waals surface area contributed by atoms with E-state index >= 15 is 0 Å². The lowest BCUT2D eigenvalue weighted by atomic mass is 10.1. The Morgan fingerprint density at radius 3 is 2.57 bits per heavy atom. The molecule has 4 rings (SSSR count). The van der Waals surface area contributed by atoms with Crippen LogP contribution in [0.3, 0.4) is 0 Å². The first-order chi connectivity index (χ1) is 17.7. The third-order valence-electron chi connectivity index (χ3n) is 6.42. The van der Waals surface area contributed by atoms with Gasteiger partial charge in [-0.05, 0) is 49.2 Å². The molecular formula is C26H28F4N4O3. The SMILES string of the molecule is COC1CCN(CCOc2ccc(NC(=O)c3cccc(C(F)(F)F)c3F)cc2-c2ccnn2C)CC1. The summed E-state index contributed by atoms with van der Waals surface area (Å²) in [5.41, 5.74) is -0.593. The van der Waals surface area contributed by atoms with E-state index in [1.54, 1.807) is 49.3 Å².